The van der Waals surface area contributed by atoms with Gasteiger partial charge in [-0.2, -0.15) is 0 Å². The molecule has 1 atom stereocenters. The highest BCUT2D eigenvalue weighted by Crippen LogP contribution is 2.42. The van der Waals surface area contributed by atoms with E-state index in [4.69, 9.17) is 9.47 Å². The Morgan fingerprint density at radius 2 is 1.61 bits per heavy atom. The fourth-order valence-corrected chi connectivity index (χ4v) is 3.13. The van der Waals surface area contributed by atoms with Crippen molar-refractivity contribution in [1.82, 2.24) is 0 Å². The van der Waals surface area contributed by atoms with E-state index < -0.39 is 34.9 Å². The van der Waals surface area contributed by atoms with Gasteiger partial charge in [-0.15, -0.1) is 0 Å². The van der Waals surface area contributed by atoms with Crippen LogP contribution in [0.25, 0.3) is 5.76 Å². The molecule has 164 valence electrons. The van der Waals surface area contributed by atoms with Gasteiger partial charge in [-0.3, -0.25) is 9.69 Å². The Morgan fingerprint density at radius 1 is 0.968 bits per heavy atom. The van der Waals surface area contributed by atoms with Gasteiger partial charge in [0.25, 0.3) is 0 Å². The van der Waals surface area contributed by atoms with Gasteiger partial charge in [0.05, 0.1) is 17.1 Å². The number of anilines is 1. The Morgan fingerprint density at radius 3 is 2.19 bits per heavy atom. The van der Waals surface area contributed by atoms with Gasteiger partial charge < -0.3 is 9.47 Å². The Kier molecular flexibility index (Phi) is 5.94. The number of nitrogens with zero attached hydrogens (tertiary/aromatic N) is 1. The average molecular weight is 426 g/mol. The molecule has 0 aliphatic carbocycles. The molecule has 3 rings (SSSR count). The summed E-state index contributed by atoms with van der Waals surface area (Å²) in [5.74, 6) is -0.742. The first-order chi connectivity index (χ1) is 14.4. The third-order valence-electron chi connectivity index (χ3n) is 4.62. The van der Waals surface area contributed by atoms with Crippen molar-refractivity contribution in [3.63, 3.8) is 0 Å². The molecule has 2 aromatic rings. The van der Waals surface area contributed by atoms with Gasteiger partial charge >= 0.3 is 12.1 Å². The molecule has 0 fully saturated rings. The van der Waals surface area contributed by atoms with Crippen LogP contribution < -0.4 is 4.90 Å². The lowest BCUT2D eigenvalue weighted by atomic mass is 9.95. The monoisotopic (exact) mass is 425 g/mol. The first-order valence-corrected chi connectivity index (χ1v) is 10.2. The molecule has 0 saturated carbocycles. The molecule has 0 radical (unpaired) electrons. The van der Waals surface area contributed by atoms with Gasteiger partial charge in [0, 0.05) is 5.56 Å². The van der Waals surface area contributed by atoms with Crippen LogP contribution in [-0.2, 0) is 14.3 Å². The van der Waals surface area contributed by atoms with Crippen molar-refractivity contribution in [3.8, 4) is 0 Å². The Bertz CT molecular complexity index is 1020. The number of hydrogen-bond acceptors (Lipinski definition) is 4. The summed E-state index contributed by atoms with van der Waals surface area (Å²) in [6, 6.07) is 12.8. The number of esters is 1. The molecule has 0 bridgehead atoms. The smallest absolute Gasteiger partial charge is 0.415 e. The molecule has 0 aromatic heterocycles. The van der Waals surface area contributed by atoms with Crippen LogP contribution >= 0.6 is 0 Å². The van der Waals surface area contributed by atoms with Crippen molar-refractivity contribution in [2.75, 3.05) is 4.90 Å². The SMILES string of the molecule is CC(C)(C)OC(=O)N1c2ccc(F)cc2C(OC(=O)C(C)(C)C)=CC1c1ccccc1. The minimum Gasteiger partial charge on any atom is -0.443 e. The van der Waals surface area contributed by atoms with E-state index in [2.05, 4.69) is 0 Å². The van der Waals surface area contributed by atoms with E-state index in [1.807, 2.05) is 30.3 Å². The van der Waals surface area contributed by atoms with E-state index in [9.17, 15) is 14.0 Å². The fourth-order valence-electron chi connectivity index (χ4n) is 3.13. The highest BCUT2D eigenvalue weighted by atomic mass is 19.1. The summed E-state index contributed by atoms with van der Waals surface area (Å²) < 4.78 is 25.5. The van der Waals surface area contributed by atoms with Crippen LogP contribution in [0.1, 0.15) is 58.7 Å². The van der Waals surface area contributed by atoms with Gasteiger partial charge in [-0.05, 0) is 71.4 Å². The molecule has 31 heavy (non-hydrogen) atoms. The molecule has 0 N–H and O–H groups in total. The molecule has 6 heteroatoms. The van der Waals surface area contributed by atoms with Gasteiger partial charge in [0.1, 0.15) is 17.2 Å². The van der Waals surface area contributed by atoms with Crippen molar-refractivity contribution in [2.24, 2.45) is 5.41 Å². The van der Waals surface area contributed by atoms with Crippen LogP contribution in [0.2, 0.25) is 0 Å². The molecule has 1 heterocycles. The molecule has 1 aliphatic heterocycles. The van der Waals surface area contributed by atoms with Crippen molar-refractivity contribution < 1.29 is 23.5 Å². The zero-order chi connectivity index (χ0) is 23.0. The molecule has 2 aromatic carbocycles. The van der Waals surface area contributed by atoms with Crippen molar-refractivity contribution in [2.45, 2.75) is 53.2 Å². The van der Waals surface area contributed by atoms with E-state index >= 15 is 0 Å². The zero-order valence-electron chi connectivity index (χ0n) is 18.7. The van der Waals surface area contributed by atoms with Crippen LogP contribution in [0.3, 0.4) is 0 Å². The van der Waals surface area contributed by atoms with E-state index in [1.165, 1.54) is 23.1 Å². The Hall–Kier alpha value is -3.15. The average Bonchev–Trinajstić information content (AvgIpc) is 2.66. The lowest BCUT2D eigenvalue weighted by molar-refractivity contribution is -0.145. The molecular weight excluding hydrogens is 397 g/mol. The molecule has 1 unspecified atom stereocenters. The molecule has 0 saturated heterocycles. The van der Waals surface area contributed by atoms with Crippen LogP contribution in [0.4, 0.5) is 14.9 Å². The van der Waals surface area contributed by atoms with Gasteiger partial charge in [-0.25, -0.2) is 9.18 Å². The Labute approximate surface area is 182 Å². The molecule has 1 amide bonds. The lowest BCUT2D eigenvalue weighted by Gasteiger charge is -2.37. The van der Waals surface area contributed by atoms with Crippen LogP contribution in [0.15, 0.2) is 54.6 Å². The topological polar surface area (TPSA) is 55.8 Å². The fraction of sp³-hybridized carbons (Fsp3) is 0.360. The van der Waals surface area contributed by atoms with Crippen LogP contribution in [-0.4, -0.2) is 17.7 Å². The van der Waals surface area contributed by atoms with E-state index in [1.54, 1.807) is 47.6 Å². The van der Waals surface area contributed by atoms with Crippen molar-refractivity contribution >= 4 is 23.5 Å². The lowest BCUT2D eigenvalue weighted by Crippen LogP contribution is -2.41. The van der Waals surface area contributed by atoms with E-state index in [0.29, 0.717) is 11.3 Å². The van der Waals surface area contributed by atoms with Crippen molar-refractivity contribution in [3.05, 3.63) is 71.6 Å². The summed E-state index contributed by atoms with van der Waals surface area (Å²) >= 11 is 0. The van der Waals surface area contributed by atoms with Crippen LogP contribution in [0, 0.1) is 11.2 Å². The highest BCUT2D eigenvalue weighted by Gasteiger charge is 2.37. The molecular formula is C25H28FNO4. The number of hydrogen-bond donors (Lipinski definition) is 0. The first-order valence-electron chi connectivity index (χ1n) is 10.2. The summed E-state index contributed by atoms with van der Waals surface area (Å²) in [7, 11) is 0. The van der Waals surface area contributed by atoms with E-state index in [-0.39, 0.29) is 5.76 Å². The third kappa shape index (κ3) is 5.13. The normalized spacial score (nSPS) is 16.3. The molecule has 0 spiro atoms. The number of benzene rings is 2. The highest BCUT2D eigenvalue weighted by molar-refractivity contribution is 5.97. The molecule has 1 aliphatic rings. The maximum Gasteiger partial charge on any atom is 0.415 e. The quantitative estimate of drug-likeness (QED) is 0.534. The van der Waals surface area contributed by atoms with Gasteiger partial charge in [-0.1, -0.05) is 30.3 Å². The second-order valence-corrected chi connectivity index (χ2v) is 9.54. The number of ether oxygens (including phenoxy) is 2. The number of rotatable bonds is 2. The molecule has 5 nitrogen and oxygen atoms in total. The summed E-state index contributed by atoms with van der Waals surface area (Å²) in [6.07, 6.45) is 1.08. The minimum atomic E-state index is -0.751. The van der Waals surface area contributed by atoms with Crippen LogP contribution in [0.5, 0.6) is 0 Å². The summed E-state index contributed by atoms with van der Waals surface area (Å²) in [4.78, 5) is 27.3. The predicted octanol–water partition coefficient (Wildman–Crippen LogP) is 6.25. The maximum absolute atomic E-state index is 14.2. The standard InChI is InChI=1S/C25H28FNO4/c1-24(2,3)22(28)30-21-15-20(16-10-8-7-9-11-16)27(23(29)31-25(4,5)6)19-13-12-17(26)14-18(19)21/h7-15,20H,1-6H3. The maximum atomic E-state index is 14.2. The predicted molar refractivity (Wildman–Crippen MR) is 118 cm³/mol. The third-order valence-corrected chi connectivity index (χ3v) is 4.62. The zero-order valence-corrected chi connectivity index (χ0v) is 18.7. The number of carbonyl (C=O) groups excluding carboxylic acids is 2. The Balaban J connectivity index is 2.17. The second kappa shape index (κ2) is 8.17. The largest absolute Gasteiger partial charge is 0.443 e. The summed E-state index contributed by atoms with van der Waals surface area (Å²) in [5.41, 5.74) is 0.0482. The number of halogens is 1. The number of carbonyl (C=O) groups is 2. The summed E-state index contributed by atoms with van der Waals surface area (Å²) in [6.45, 7) is 10.6. The number of amides is 1. The summed E-state index contributed by atoms with van der Waals surface area (Å²) in [5, 5.41) is 0. The number of fused-ring (bicyclic) bond motifs is 1. The first kappa shape index (κ1) is 22.5. The second-order valence-electron chi connectivity index (χ2n) is 9.54. The van der Waals surface area contributed by atoms with Gasteiger partial charge in [0.15, 0.2) is 0 Å². The minimum absolute atomic E-state index is 0.211. The van der Waals surface area contributed by atoms with Gasteiger partial charge in [0.2, 0.25) is 0 Å². The van der Waals surface area contributed by atoms with Crippen molar-refractivity contribution in [1.29, 1.82) is 0 Å². The van der Waals surface area contributed by atoms with E-state index in [0.717, 1.165) is 5.56 Å².